The van der Waals surface area contributed by atoms with Gasteiger partial charge in [-0.25, -0.2) is 0 Å². The van der Waals surface area contributed by atoms with E-state index in [1.807, 2.05) is 0 Å². The molecule has 3 aliphatic heterocycles. The first kappa shape index (κ1) is 53.6. The van der Waals surface area contributed by atoms with E-state index in [2.05, 4.69) is 36.8 Å². The molecule has 0 saturated carbocycles. The zero-order valence-corrected chi connectivity index (χ0v) is 35.7. The fourth-order valence-corrected chi connectivity index (χ4v) is 6.75. The van der Waals surface area contributed by atoms with Gasteiger partial charge in [-0.3, -0.25) is 4.90 Å². The highest BCUT2D eigenvalue weighted by molar-refractivity contribution is 7.80. The van der Waals surface area contributed by atoms with Crippen molar-refractivity contribution >= 4 is 52.0 Å². The van der Waals surface area contributed by atoms with E-state index in [9.17, 15) is 61.3 Å². The van der Waals surface area contributed by atoms with E-state index in [0.717, 1.165) is 0 Å². The third kappa shape index (κ3) is 17.3. The van der Waals surface area contributed by atoms with Gasteiger partial charge in [-0.1, -0.05) is 0 Å². The topological polar surface area (TPSA) is 374 Å². The molecule has 0 amide bonds. The molecule has 28 heteroatoms. The van der Waals surface area contributed by atoms with Gasteiger partial charge < -0.3 is 122 Å². The predicted molar refractivity (Wildman–Crippen MR) is 221 cm³/mol. The minimum absolute atomic E-state index is 0.00954. The van der Waals surface area contributed by atoms with E-state index in [0.29, 0.717) is 54.6 Å². The molecule has 0 unspecified atom stereocenters. The maximum Gasteiger partial charge on any atom is 0.186 e. The summed E-state index contributed by atoms with van der Waals surface area (Å²) in [6, 6.07) is 0. The van der Waals surface area contributed by atoms with E-state index in [1.165, 1.54) is 0 Å². The Balaban J connectivity index is 1.39. The van der Waals surface area contributed by atoms with Gasteiger partial charge in [0.25, 0.3) is 0 Å². The fourth-order valence-electron chi connectivity index (χ4n) is 6.14. The van der Waals surface area contributed by atoms with Crippen LogP contribution in [0.3, 0.4) is 0 Å². The van der Waals surface area contributed by atoms with Crippen molar-refractivity contribution in [2.24, 2.45) is 0 Å². The largest absolute Gasteiger partial charge is 0.394 e. The number of thiocarbonyl (C=S) groups is 3. The van der Waals surface area contributed by atoms with Crippen molar-refractivity contribution in [2.75, 3.05) is 98.5 Å². The molecular weight excluding hydrogens is 879 g/mol. The molecule has 356 valence electrons. The zero-order chi connectivity index (χ0) is 45.1. The van der Waals surface area contributed by atoms with Gasteiger partial charge in [0.1, 0.15) is 73.2 Å². The number of rotatable bonds is 24. The molecule has 3 rings (SSSR count). The van der Waals surface area contributed by atoms with Gasteiger partial charge in [-0.15, -0.1) is 0 Å². The molecule has 0 aromatic rings. The van der Waals surface area contributed by atoms with Crippen LogP contribution in [0.1, 0.15) is 0 Å². The molecule has 3 heterocycles. The molecule has 18 N–H and O–H groups in total. The first-order valence-electron chi connectivity index (χ1n) is 19.7. The lowest BCUT2D eigenvalue weighted by Crippen LogP contribution is -2.59. The third-order valence-corrected chi connectivity index (χ3v) is 10.6. The first-order chi connectivity index (χ1) is 29.1. The summed E-state index contributed by atoms with van der Waals surface area (Å²) in [7, 11) is 0. The van der Waals surface area contributed by atoms with Crippen LogP contribution in [0.2, 0.25) is 0 Å². The Kier molecular flexibility index (Phi) is 24.9. The molecular formula is C33H63N7O18S3. The van der Waals surface area contributed by atoms with Crippen LogP contribution in [0.5, 0.6) is 0 Å². The van der Waals surface area contributed by atoms with E-state index < -0.39 is 112 Å². The average molecular weight is 942 g/mol. The average Bonchev–Trinajstić information content (AvgIpc) is 3.24. The van der Waals surface area contributed by atoms with Crippen molar-refractivity contribution in [1.29, 1.82) is 0 Å². The summed E-state index contributed by atoms with van der Waals surface area (Å²) >= 11 is 16.1. The molecule has 3 fully saturated rings. The Hall–Kier alpha value is -1.69. The van der Waals surface area contributed by atoms with Gasteiger partial charge in [0.05, 0.1) is 39.6 Å². The van der Waals surface area contributed by atoms with Crippen molar-refractivity contribution in [3.8, 4) is 0 Å². The van der Waals surface area contributed by atoms with Crippen LogP contribution >= 0.6 is 36.7 Å². The number of nitrogens with one attached hydrogen (secondary N) is 6. The van der Waals surface area contributed by atoms with Crippen LogP contribution in [0.4, 0.5) is 0 Å². The lowest BCUT2D eigenvalue weighted by Gasteiger charge is -2.39. The maximum atomic E-state index is 10.1. The number of aliphatic hydroxyl groups excluding tert-OH is 12. The highest BCUT2D eigenvalue weighted by Crippen LogP contribution is 2.24. The summed E-state index contributed by atoms with van der Waals surface area (Å²) in [5, 5.41) is 137. The van der Waals surface area contributed by atoms with Crippen molar-refractivity contribution in [1.82, 2.24) is 36.8 Å². The van der Waals surface area contributed by atoms with Gasteiger partial charge in [-0.2, -0.15) is 0 Å². The standard InChI is InChI=1S/C33H63N7O18S3/c41-13-16-19(44)22(47)25(50)28(56-16)53-10-4-37-31(59)34-1-7-40(8-2-35-32(60)38-5-11-54-29-26(51)23(48)20(45)17(14-42)57-29)9-3-36-33(61)39-6-12-55-30-27(52)24(49)21(46)18(15-43)58-30/h16-30,41-52H,1-15H2,(H2,34,37,59)(H2,35,38,60)(H2,36,39,61)/t16-,17-,18-,19-,20-,21-,22+,23+,24+,25+,26+,27+,28+,29+,30+/m1/s1. The zero-order valence-electron chi connectivity index (χ0n) is 33.3. The van der Waals surface area contributed by atoms with Gasteiger partial charge in [0, 0.05) is 58.9 Å². The smallest absolute Gasteiger partial charge is 0.186 e. The Morgan fingerprint density at radius 3 is 0.885 bits per heavy atom. The Labute approximate surface area is 368 Å². The minimum atomic E-state index is -1.56. The SMILES string of the molecule is OC[C@H]1O[C@H](OCCNC(=S)NCCN(CCNC(=S)NCCO[C@H]2O[C@H](CO)[C@@H](O)[C@H](O)[C@@H]2O)CCNC(=S)NCCO[C@H]2O[C@H](CO)[C@@H](O)[C@H](O)[C@@H]2O)[C@@H](O)[C@@H](O)[C@@H]1O. The van der Waals surface area contributed by atoms with Crippen LogP contribution < -0.4 is 31.9 Å². The molecule has 0 aromatic heterocycles. The third-order valence-electron chi connectivity index (χ3n) is 9.70. The van der Waals surface area contributed by atoms with Gasteiger partial charge in [-0.05, 0) is 36.7 Å². The molecule has 3 saturated heterocycles. The van der Waals surface area contributed by atoms with E-state index in [4.69, 9.17) is 65.1 Å². The van der Waals surface area contributed by atoms with Gasteiger partial charge in [0.2, 0.25) is 0 Å². The van der Waals surface area contributed by atoms with Crippen molar-refractivity contribution in [3.05, 3.63) is 0 Å². The second-order valence-corrected chi connectivity index (χ2v) is 15.3. The van der Waals surface area contributed by atoms with Crippen LogP contribution in [-0.2, 0) is 28.4 Å². The van der Waals surface area contributed by atoms with Crippen molar-refractivity contribution in [2.45, 2.75) is 92.1 Å². The number of aliphatic hydroxyl groups is 12. The van der Waals surface area contributed by atoms with Crippen LogP contribution in [0, 0.1) is 0 Å². The highest BCUT2D eigenvalue weighted by atomic mass is 32.1. The number of hydrogen-bond donors (Lipinski definition) is 18. The van der Waals surface area contributed by atoms with E-state index in [-0.39, 0.29) is 39.5 Å². The van der Waals surface area contributed by atoms with Crippen LogP contribution in [0.25, 0.3) is 0 Å². The Bertz CT molecular complexity index is 1150. The van der Waals surface area contributed by atoms with Crippen LogP contribution in [0.15, 0.2) is 0 Å². The molecule has 0 spiro atoms. The van der Waals surface area contributed by atoms with E-state index in [1.54, 1.807) is 0 Å². The summed E-state index contributed by atoms with van der Waals surface area (Å²) in [5.74, 6) is 0. The molecule has 15 atom stereocenters. The summed E-state index contributed by atoms with van der Waals surface area (Å²) < 4.78 is 32.4. The second-order valence-electron chi connectivity index (χ2n) is 14.1. The van der Waals surface area contributed by atoms with Gasteiger partial charge in [0.15, 0.2) is 34.2 Å². The highest BCUT2D eigenvalue weighted by Gasteiger charge is 2.46. The molecule has 0 aromatic carbocycles. The summed E-state index contributed by atoms with van der Waals surface area (Å²) in [4.78, 5) is 2.08. The molecule has 61 heavy (non-hydrogen) atoms. The Morgan fingerprint density at radius 1 is 0.393 bits per heavy atom. The first-order valence-corrected chi connectivity index (χ1v) is 20.9. The maximum absolute atomic E-state index is 10.1. The van der Waals surface area contributed by atoms with Crippen LogP contribution in [-0.4, -0.2) is 272 Å². The molecule has 0 bridgehead atoms. The molecule has 25 nitrogen and oxygen atoms in total. The van der Waals surface area contributed by atoms with Crippen molar-refractivity contribution in [3.63, 3.8) is 0 Å². The number of ether oxygens (including phenoxy) is 6. The molecule has 0 aliphatic carbocycles. The second kappa shape index (κ2) is 28.3. The van der Waals surface area contributed by atoms with E-state index >= 15 is 0 Å². The number of nitrogens with zero attached hydrogens (tertiary/aromatic N) is 1. The quantitative estimate of drug-likeness (QED) is 0.0316. The normalized spacial score (nSPS) is 34.1. The monoisotopic (exact) mass is 941 g/mol. The summed E-state index contributed by atoms with van der Waals surface area (Å²) in [6.07, 6.45) is -20.8. The van der Waals surface area contributed by atoms with Gasteiger partial charge >= 0.3 is 0 Å². The fraction of sp³-hybridized carbons (Fsp3) is 0.909. The molecule has 3 aliphatic rings. The Morgan fingerprint density at radius 2 is 0.639 bits per heavy atom. The lowest BCUT2D eigenvalue weighted by atomic mass is 9.99. The molecule has 0 radical (unpaired) electrons. The lowest BCUT2D eigenvalue weighted by molar-refractivity contribution is -0.300. The summed E-state index contributed by atoms with van der Waals surface area (Å²) in [6.45, 7) is 1.66. The van der Waals surface area contributed by atoms with Crippen molar-refractivity contribution < 1.29 is 89.7 Å². The number of hydrogen-bond acceptors (Lipinski definition) is 22. The summed E-state index contributed by atoms with van der Waals surface area (Å²) in [5.41, 5.74) is 0. The predicted octanol–water partition coefficient (Wildman–Crippen LogP) is -9.87. The minimum Gasteiger partial charge on any atom is -0.394 e.